The van der Waals surface area contributed by atoms with Crippen molar-refractivity contribution < 1.29 is 19.4 Å². The van der Waals surface area contributed by atoms with E-state index in [1.165, 1.54) is 12.1 Å². The Balaban J connectivity index is 2.62. The maximum Gasteiger partial charge on any atom is 0.137 e. The highest BCUT2D eigenvalue weighted by Gasteiger charge is 2.33. The molecule has 0 fully saturated rings. The normalized spacial score (nSPS) is 27.3. The Morgan fingerprint density at radius 3 is 2.87 bits per heavy atom. The van der Waals surface area contributed by atoms with Crippen LogP contribution in [0.25, 0.3) is 0 Å². The van der Waals surface area contributed by atoms with Gasteiger partial charge in [0.1, 0.15) is 29.5 Å². The Hall–Kier alpha value is -1.62. The van der Waals surface area contributed by atoms with Crippen LogP contribution in [0.15, 0.2) is 23.4 Å². The van der Waals surface area contributed by atoms with Crippen molar-refractivity contribution in [2.75, 3.05) is 0 Å². The van der Waals surface area contributed by atoms with Gasteiger partial charge in [0.25, 0.3) is 0 Å². The highest BCUT2D eigenvalue weighted by molar-refractivity contribution is 6.06. The number of hydrogen-bond acceptors (Lipinski definition) is 4. The van der Waals surface area contributed by atoms with Crippen LogP contribution in [-0.4, -0.2) is 28.2 Å². The molecule has 4 nitrogen and oxygen atoms in total. The zero-order chi connectivity index (χ0) is 11.0. The predicted molar refractivity (Wildman–Crippen MR) is 50.8 cm³/mol. The lowest BCUT2D eigenvalue weighted by Gasteiger charge is -2.28. The molecule has 15 heavy (non-hydrogen) atoms. The van der Waals surface area contributed by atoms with Gasteiger partial charge < -0.3 is 15.1 Å². The zero-order valence-corrected chi connectivity index (χ0v) is 8.01. The molecular formula is C10H10FNO3. The van der Waals surface area contributed by atoms with Gasteiger partial charge in [0, 0.05) is 0 Å². The zero-order valence-electron chi connectivity index (χ0n) is 8.01. The molecule has 80 valence electrons. The number of aliphatic hydroxyl groups is 1. The van der Waals surface area contributed by atoms with Gasteiger partial charge in [-0.3, -0.25) is 0 Å². The summed E-state index contributed by atoms with van der Waals surface area (Å²) in [6.45, 7) is 1.61. The van der Waals surface area contributed by atoms with E-state index in [0.29, 0.717) is 0 Å². The predicted octanol–water partition coefficient (Wildman–Crippen LogP) is 1.15. The molecule has 0 aliphatic carbocycles. The van der Waals surface area contributed by atoms with Crippen molar-refractivity contribution in [1.29, 1.82) is 0 Å². The smallest absolute Gasteiger partial charge is 0.137 e. The standard InChI is InChI=1S/C10H10FNO3/c1-5-10(13)9(12-14)8-6(11)3-2-4-7(8)15-5/h2-5,10,13-14H,1H3. The van der Waals surface area contributed by atoms with Crippen LogP contribution in [0.1, 0.15) is 12.5 Å². The van der Waals surface area contributed by atoms with Gasteiger partial charge in [-0.1, -0.05) is 11.2 Å². The molecule has 0 radical (unpaired) electrons. The monoisotopic (exact) mass is 211 g/mol. The molecule has 2 atom stereocenters. The number of rotatable bonds is 0. The first kappa shape index (κ1) is 9.92. The number of fused-ring (bicyclic) bond motifs is 1. The van der Waals surface area contributed by atoms with Crippen LogP contribution in [0.2, 0.25) is 0 Å². The second-order valence-corrected chi connectivity index (χ2v) is 3.37. The van der Waals surface area contributed by atoms with Crippen LogP contribution >= 0.6 is 0 Å². The molecule has 5 heteroatoms. The Morgan fingerprint density at radius 1 is 1.47 bits per heavy atom. The fourth-order valence-corrected chi connectivity index (χ4v) is 1.60. The summed E-state index contributed by atoms with van der Waals surface area (Å²) in [7, 11) is 0. The Morgan fingerprint density at radius 2 is 2.20 bits per heavy atom. The molecule has 0 aromatic heterocycles. The number of hydrogen-bond donors (Lipinski definition) is 2. The van der Waals surface area contributed by atoms with E-state index in [0.717, 1.165) is 0 Å². The highest BCUT2D eigenvalue weighted by Crippen LogP contribution is 2.30. The van der Waals surface area contributed by atoms with Crippen LogP contribution in [0.4, 0.5) is 4.39 Å². The van der Waals surface area contributed by atoms with Gasteiger partial charge in [-0.05, 0) is 19.1 Å². The molecule has 1 aliphatic heterocycles. The van der Waals surface area contributed by atoms with Gasteiger partial charge in [-0.2, -0.15) is 0 Å². The summed E-state index contributed by atoms with van der Waals surface area (Å²) < 4.78 is 18.7. The number of aliphatic hydroxyl groups excluding tert-OH is 1. The average Bonchev–Trinajstić information content (AvgIpc) is 2.21. The van der Waals surface area contributed by atoms with Crippen LogP contribution in [0.5, 0.6) is 5.75 Å². The van der Waals surface area contributed by atoms with Crippen molar-refractivity contribution in [3.05, 3.63) is 29.6 Å². The molecule has 0 bridgehead atoms. The second-order valence-electron chi connectivity index (χ2n) is 3.37. The summed E-state index contributed by atoms with van der Waals surface area (Å²) >= 11 is 0. The van der Waals surface area contributed by atoms with E-state index >= 15 is 0 Å². The van der Waals surface area contributed by atoms with Crippen LogP contribution in [0.3, 0.4) is 0 Å². The van der Waals surface area contributed by atoms with E-state index in [1.807, 2.05) is 0 Å². The molecule has 1 aromatic rings. The molecule has 0 saturated carbocycles. The number of oxime groups is 1. The molecule has 0 spiro atoms. The van der Waals surface area contributed by atoms with E-state index in [2.05, 4.69) is 5.16 Å². The summed E-state index contributed by atoms with van der Waals surface area (Å²) in [6, 6.07) is 4.27. The molecular weight excluding hydrogens is 201 g/mol. The second kappa shape index (κ2) is 3.51. The molecule has 1 aliphatic rings. The van der Waals surface area contributed by atoms with Crippen LogP contribution in [0, 0.1) is 5.82 Å². The van der Waals surface area contributed by atoms with Gasteiger partial charge in [0.2, 0.25) is 0 Å². The summed E-state index contributed by atoms with van der Waals surface area (Å²) in [5.41, 5.74) is -0.0764. The first-order chi connectivity index (χ1) is 7.15. The molecule has 2 rings (SSSR count). The summed E-state index contributed by atoms with van der Waals surface area (Å²) in [5, 5.41) is 21.3. The lowest BCUT2D eigenvalue weighted by Crippen LogP contribution is -2.41. The van der Waals surface area contributed by atoms with Gasteiger partial charge in [-0.15, -0.1) is 0 Å². The fourth-order valence-electron chi connectivity index (χ4n) is 1.60. The maximum absolute atomic E-state index is 13.4. The van der Waals surface area contributed by atoms with Crippen molar-refractivity contribution in [1.82, 2.24) is 0 Å². The molecule has 1 aromatic carbocycles. The first-order valence-corrected chi connectivity index (χ1v) is 4.50. The summed E-state index contributed by atoms with van der Waals surface area (Å²) in [6.07, 6.45) is -1.69. The van der Waals surface area contributed by atoms with Crippen molar-refractivity contribution in [2.24, 2.45) is 5.16 Å². The molecule has 0 amide bonds. The molecule has 1 heterocycles. The van der Waals surface area contributed by atoms with Gasteiger partial charge in [-0.25, -0.2) is 4.39 Å². The Bertz CT molecular complexity index is 419. The quantitative estimate of drug-likeness (QED) is 0.499. The van der Waals surface area contributed by atoms with E-state index < -0.39 is 18.0 Å². The first-order valence-electron chi connectivity index (χ1n) is 4.50. The van der Waals surface area contributed by atoms with Crippen molar-refractivity contribution in [3.8, 4) is 5.75 Å². The van der Waals surface area contributed by atoms with Crippen LogP contribution < -0.4 is 4.74 Å². The number of nitrogens with zero attached hydrogens (tertiary/aromatic N) is 1. The largest absolute Gasteiger partial charge is 0.487 e. The average molecular weight is 211 g/mol. The lowest BCUT2D eigenvalue weighted by atomic mass is 9.97. The van der Waals surface area contributed by atoms with Crippen molar-refractivity contribution in [3.63, 3.8) is 0 Å². The van der Waals surface area contributed by atoms with Crippen LogP contribution in [-0.2, 0) is 0 Å². The Kier molecular flexibility index (Phi) is 2.32. The third-order valence-corrected chi connectivity index (χ3v) is 2.38. The van der Waals surface area contributed by atoms with E-state index in [9.17, 15) is 9.50 Å². The number of benzene rings is 1. The molecule has 0 saturated heterocycles. The minimum Gasteiger partial charge on any atom is -0.487 e. The van der Waals surface area contributed by atoms with Crippen molar-refractivity contribution in [2.45, 2.75) is 19.1 Å². The highest BCUT2D eigenvalue weighted by atomic mass is 19.1. The maximum atomic E-state index is 13.4. The minimum absolute atomic E-state index is 0.0191. The van der Waals surface area contributed by atoms with E-state index in [4.69, 9.17) is 9.94 Å². The molecule has 2 N–H and O–H groups in total. The number of ether oxygens (including phenoxy) is 1. The third kappa shape index (κ3) is 1.45. The Labute approximate surface area is 85.6 Å². The van der Waals surface area contributed by atoms with Gasteiger partial charge >= 0.3 is 0 Å². The van der Waals surface area contributed by atoms with E-state index in [1.54, 1.807) is 13.0 Å². The third-order valence-electron chi connectivity index (χ3n) is 2.38. The van der Waals surface area contributed by atoms with Gasteiger partial charge in [0.15, 0.2) is 0 Å². The van der Waals surface area contributed by atoms with Gasteiger partial charge in [0.05, 0.1) is 5.56 Å². The minimum atomic E-state index is -1.13. The number of halogens is 1. The fraction of sp³-hybridized carbons (Fsp3) is 0.300. The SMILES string of the molecule is CC1Oc2cccc(F)c2C(=NO)C1O. The van der Waals surface area contributed by atoms with Crippen molar-refractivity contribution >= 4 is 5.71 Å². The lowest BCUT2D eigenvalue weighted by molar-refractivity contribution is 0.0808. The summed E-state index contributed by atoms with van der Waals surface area (Å²) in [4.78, 5) is 0. The summed E-state index contributed by atoms with van der Waals surface area (Å²) in [5.74, 6) is -0.299. The topological polar surface area (TPSA) is 62.0 Å². The molecule has 2 unspecified atom stereocenters. The van der Waals surface area contributed by atoms with E-state index in [-0.39, 0.29) is 17.0 Å².